The van der Waals surface area contributed by atoms with Crippen LogP contribution in [0.3, 0.4) is 0 Å². The van der Waals surface area contributed by atoms with Crippen LogP contribution < -0.4 is 15.8 Å². The van der Waals surface area contributed by atoms with Crippen LogP contribution in [0, 0.1) is 0 Å². The normalized spacial score (nSPS) is 14.7. The number of benzene rings is 2. The lowest BCUT2D eigenvalue weighted by molar-refractivity contribution is 0.313. The minimum Gasteiger partial charge on any atom is -0.369 e. The summed E-state index contributed by atoms with van der Waals surface area (Å²) in [5, 5.41) is 4.00. The standard InChI is InChI=1S/C27H29ClN6O3S/c1-4-34-25-18(16-21(26(34)35)24-22(28)6-5-7-23(24)38(3,36)37)17-29-27(31-25)30-19-8-10-20(11-9-19)33-14-12-32(2)13-15-33/h5-11,16-17H,4,12-15H2,1-3H3,(H,29,30,31). The second-order valence-corrected chi connectivity index (χ2v) is 11.8. The van der Waals surface area contributed by atoms with Crippen molar-refractivity contribution in [2.75, 3.05) is 49.7 Å². The molecule has 38 heavy (non-hydrogen) atoms. The van der Waals surface area contributed by atoms with Gasteiger partial charge in [-0.1, -0.05) is 17.7 Å². The molecular weight excluding hydrogens is 524 g/mol. The first kappa shape index (κ1) is 26.1. The maximum Gasteiger partial charge on any atom is 0.260 e. The number of hydrogen-bond donors (Lipinski definition) is 1. The van der Waals surface area contributed by atoms with Gasteiger partial charge in [-0.3, -0.25) is 9.36 Å². The first-order valence-electron chi connectivity index (χ1n) is 12.4. The highest BCUT2D eigenvalue weighted by Gasteiger charge is 2.22. The third-order valence-corrected chi connectivity index (χ3v) is 8.23. The van der Waals surface area contributed by atoms with Crippen LogP contribution in [0.4, 0.5) is 17.3 Å². The Balaban J connectivity index is 1.50. The zero-order chi connectivity index (χ0) is 27.0. The van der Waals surface area contributed by atoms with E-state index in [0.717, 1.165) is 38.1 Å². The lowest BCUT2D eigenvalue weighted by Crippen LogP contribution is -2.44. The van der Waals surface area contributed by atoms with E-state index in [1.807, 2.05) is 19.1 Å². The van der Waals surface area contributed by atoms with Crippen molar-refractivity contribution in [2.45, 2.75) is 18.4 Å². The molecule has 0 unspecified atom stereocenters. The van der Waals surface area contributed by atoms with Crippen molar-refractivity contribution in [1.82, 2.24) is 19.4 Å². The van der Waals surface area contributed by atoms with Crippen molar-refractivity contribution in [3.8, 4) is 11.1 Å². The van der Waals surface area contributed by atoms with Gasteiger partial charge < -0.3 is 15.1 Å². The highest BCUT2D eigenvalue weighted by atomic mass is 35.5. The van der Waals surface area contributed by atoms with E-state index in [0.29, 0.717) is 23.5 Å². The number of aromatic nitrogens is 3. The molecule has 2 aromatic heterocycles. The summed E-state index contributed by atoms with van der Waals surface area (Å²) >= 11 is 6.41. The van der Waals surface area contributed by atoms with Gasteiger partial charge in [0, 0.05) is 72.5 Å². The van der Waals surface area contributed by atoms with Crippen molar-refractivity contribution < 1.29 is 8.42 Å². The molecule has 4 aromatic rings. The van der Waals surface area contributed by atoms with Gasteiger partial charge in [0.1, 0.15) is 5.65 Å². The molecule has 1 aliphatic heterocycles. The van der Waals surface area contributed by atoms with Crippen molar-refractivity contribution in [1.29, 1.82) is 0 Å². The van der Waals surface area contributed by atoms with E-state index in [1.165, 1.54) is 16.3 Å². The van der Waals surface area contributed by atoms with Crippen LogP contribution >= 0.6 is 11.6 Å². The van der Waals surface area contributed by atoms with Gasteiger partial charge in [-0.15, -0.1) is 0 Å². The zero-order valence-electron chi connectivity index (χ0n) is 21.5. The molecule has 0 atom stereocenters. The number of hydrogen-bond acceptors (Lipinski definition) is 8. The van der Waals surface area contributed by atoms with Gasteiger partial charge in [-0.2, -0.15) is 4.98 Å². The average Bonchev–Trinajstić information content (AvgIpc) is 2.89. The summed E-state index contributed by atoms with van der Waals surface area (Å²) in [6.07, 6.45) is 2.72. The van der Waals surface area contributed by atoms with Crippen molar-refractivity contribution in [2.24, 2.45) is 0 Å². The second-order valence-electron chi connectivity index (χ2n) is 9.43. The van der Waals surface area contributed by atoms with E-state index in [4.69, 9.17) is 11.6 Å². The summed E-state index contributed by atoms with van der Waals surface area (Å²) in [4.78, 5) is 27.3. The zero-order valence-corrected chi connectivity index (χ0v) is 23.1. The maximum absolute atomic E-state index is 13.5. The Morgan fingerprint density at radius 3 is 2.42 bits per heavy atom. The van der Waals surface area contributed by atoms with E-state index in [2.05, 4.69) is 44.3 Å². The summed E-state index contributed by atoms with van der Waals surface area (Å²) in [5.74, 6) is 0.355. The predicted molar refractivity (Wildman–Crippen MR) is 152 cm³/mol. The molecule has 11 heteroatoms. The number of sulfone groups is 1. The first-order valence-corrected chi connectivity index (χ1v) is 14.6. The second kappa shape index (κ2) is 10.4. The Hall–Kier alpha value is -3.47. The molecular formula is C27H29ClN6O3S. The fourth-order valence-electron chi connectivity index (χ4n) is 4.72. The fourth-order valence-corrected chi connectivity index (χ4v) is 5.96. The SMILES string of the molecule is CCn1c(=O)c(-c2c(Cl)cccc2S(C)(=O)=O)cc2cnc(Nc3ccc(N4CCN(C)CC4)cc3)nc21. The van der Waals surface area contributed by atoms with Gasteiger partial charge in [0.2, 0.25) is 5.95 Å². The average molecular weight is 553 g/mol. The molecule has 5 rings (SSSR count). The summed E-state index contributed by atoms with van der Waals surface area (Å²) in [7, 11) is -1.49. The van der Waals surface area contributed by atoms with Gasteiger partial charge >= 0.3 is 0 Å². The summed E-state index contributed by atoms with van der Waals surface area (Å²) in [6.45, 7) is 6.23. The third kappa shape index (κ3) is 5.11. The lowest BCUT2D eigenvalue weighted by Gasteiger charge is -2.34. The Labute approximate surface area is 226 Å². The molecule has 1 fully saturated rings. The number of halogens is 1. The Kier molecular flexibility index (Phi) is 7.13. The molecule has 9 nitrogen and oxygen atoms in total. The van der Waals surface area contributed by atoms with Crippen molar-refractivity contribution in [3.63, 3.8) is 0 Å². The smallest absolute Gasteiger partial charge is 0.260 e. The van der Waals surface area contributed by atoms with Gasteiger partial charge in [0.15, 0.2) is 9.84 Å². The summed E-state index contributed by atoms with van der Waals surface area (Å²) in [5.41, 5.74) is 2.45. The number of nitrogens with zero attached hydrogens (tertiary/aromatic N) is 5. The molecule has 3 heterocycles. The number of likely N-dealkylation sites (N-methyl/N-ethyl adjacent to an activating group) is 1. The molecule has 0 saturated carbocycles. The van der Waals surface area contributed by atoms with Crippen LogP contribution in [0.1, 0.15) is 6.92 Å². The van der Waals surface area contributed by atoms with Gasteiger partial charge in [-0.25, -0.2) is 13.4 Å². The topological polar surface area (TPSA) is 100 Å². The molecule has 0 radical (unpaired) electrons. The van der Waals surface area contributed by atoms with Gasteiger partial charge in [-0.05, 0) is 56.4 Å². The van der Waals surface area contributed by atoms with Gasteiger partial charge in [0.05, 0.1) is 10.5 Å². The highest BCUT2D eigenvalue weighted by molar-refractivity contribution is 7.90. The molecule has 0 amide bonds. The minimum atomic E-state index is -3.63. The molecule has 1 saturated heterocycles. The monoisotopic (exact) mass is 552 g/mol. The number of aryl methyl sites for hydroxylation is 1. The van der Waals surface area contributed by atoms with E-state index < -0.39 is 9.84 Å². The van der Waals surface area contributed by atoms with Crippen LogP contribution in [-0.4, -0.2) is 67.3 Å². The van der Waals surface area contributed by atoms with E-state index in [9.17, 15) is 13.2 Å². The fraction of sp³-hybridized carbons (Fsp3) is 0.296. The Bertz CT molecular complexity index is 1660. The summed E-state index contributed by atoms with van der Waals surface area (Å²) < 4.78 is 26.4. The number of fused-ring (bicyclic) bond motifs is 1. The van der Waals surface area contributed by atoms with Crippen LogP contribution in [-0.2, 0) is 16.4 Å². The van der Waals surface area contributed by atoms with Gasteiger partial charge in [0.25, 0.3) is 5.56 Å². The third-order valence-electron chi connectivity index (χ3n) is 6.78. The van der Waals surface area contributed by atoms with E-state index in [1.54, 1.807) is 24.4 Å². The lowest BCUT2D eigenvalue weighted by atomic mass is 10.1. The molecule has 2 aromatic carbocycles. The number of anilines is 3. The number of rotatable bonds is 6. The minimum absolute atomic E-state index is 0.00308. The molecule has 1 aliphatic rings. The molecule has 0 bridgehead atoms. The van der Waals surface area contributed by atoms with E-state index >= 15 is 0 Å². The number of pyridine rings is 1. The maximum atomic E-state index is 13.5. The Morgan fingerprint density at radius 2 is 1.76 bits per heavy atom. The quantitative estimate of drug-likeness (QED) is 0.383. The molecule has 0 aliphatic carbocycles. The molecule has 0 spiro atoms. The van der Waals surface area contributed by atoms with Crippen LogP contribution in [0.5, 0.6) is 0 Å². The largest absolute Gasteiger partial charge is 0.369 e. The van der Waals surface area contributed by atoms with Crippen molar-refractivity contribution in [3.05, 3.63) is 70.1 Å². The van der Waals surface area contributed by atoms with E-state index in [-0.39, 0.29) is 26.6 Å². The van der Waals surface area contributed by atoms with Crippen LogP contribution in [0.15, 0.2) is 64.4 Å². The number of piperazine rings is 1. The molecule has 1 N–H and O–H groups in total. The summed E-state index contributed by atoms with van der Waals surface area (Å²) in [6, 6.07) is 14.3. The van der Waals surface area contributed by atoms with Crippen molar-refractivity contribution >= 4 is 49.8 Å². The number of nitrogens with one attached hydrogen (secondary N) is 1. The highest BCUT2D eigenvalue weighted by Crippen LogP contribution is 2.33. The molecule has 198 valence electrons. The Morgan fingerprint density at radius 1 is 1.05 bits per heavy atom. The van der Waals surface area contributed by atoms with Crippen LogP contribution in [0.2, 0.25) is 5.02 Å². The van der Waals surface area contributed by atoms with Crippen LogP contribution in [0.25, 0.3) is 22.2 Å². The first-order chi connectivity index (χ1) is 18.2. The predicted octanol–water partition coefficient (Wildman–Crippen LogP) is 4.03.